The van der Waals surface area contributed by atoms with Crippen LogP contribution in [0.2, 0.25) is 0 Å². The van der Waals surface area contributed by atoms with Crippen LogP contribution >= 0.6 is 0 Å². The van der Waals surface area contributed by atoms with Crippen LogP contribution in [-0.2, 0) is 0 Å². The number of carbonyl (C=O) groups is 1. The van der Waals surface area contributed by atoms with Crippen LogP contribution in [0.1, 0.15) is 35.7 Å². The molecule has 0 saturated heterocycles. The number of aromatic carboxylic acids is 1. The summed E-state index contributed by atoms with van der Waals surface area (Å²) in [4.78, 5) is 10.9. The van der Waals surface area contributed by atoms with E-state index >= 15 is 0 Å². The lowest BCUT2D eigenvalue weighted by Gasteiger charge is -2.25. The Labute approximate surface area is 87.1 Å². The molecule has 1 atom stereocenters. The summed E-state index contributed by atoms with van der Waals surface area (Å²) < 4.78 is 1.87. The van der Waals surface area contributed by atoms with Gasteiger partial charge in [-0.05, 0) is 25.2 Å². The number of aromatic nitrogens is 2. The van der Waals surface area contributed by atoms with Crippen LogP contribution in [0.4, 0.5) is 5.82 Å². The summed E-state index contributed by atoms with van der Waals surface area (Å²) in [5.41, 5.74) is 0.292. The normalized spacial score (nSPS) is 24.4. The average molecular weight is 207 g/mol. The maximum Gasteiger partial charge on any atom is 0.341 e. The molecule has 5 nitrogen and oxygen atoms in total. The molecule has 1 fully saturated rings. The Morgan fingerprint density at radius 2 is 2.33 bits per heavy atom. The maximum atomic E-state index is 10.9. The lowest BCUT2D eigenvalue weighted by molar-refractivity contribution is 0.0697. The third-order valence-electron chi connectivity index (χ3n) is 3.24. The smallest absolute Gasteiger partial charge is 0.341 e. The van der Waals surface area contributed by atoms with E-state index < -0.39 is 5.97 Å². The summed E-state index contributed by atoms with van der Waals surface area (Å²) in [6.45, 7) is 0.854. The average Bonchev–Trinajstić information content (AvgIpc) is 2.96. The number of hydrogen-bond donors (Lipinski definition) is 2. The minimum Gasteiger partial charge on any atom is -0.477 e. The van der Waals surface area contributed by atoms with E-state index in [9.17, 15) is 4.79 Å². The number of anilines is 1. The maximum absolute atomic E-state index is 10.9. The number of nitrogens with one attached hydrogen (secondary N) is 1. The van der Waals surface area contributed by atoms with E-state index in [4.69, 9.17) is 5.11 Å². The Hall–Kier alpha value is -1.52. The molecule has 0 spiro atoms. The summed E-state index contributed by atoms with van der Waals surface area (Å²) in [5.74, 6) is 0.498. The topological polar surface area (TPSA) is 67.1 Å². The van der Waals surface area contributed by atoms with Crippen LogP contribution in [0.3, 0.4) is 0 Å². The van der Waals surface area contributed by atoms with Gasteiger partial charge < -0.3 is 10.4 Å². The number of nitrogens with zero attached hydrogens (tertiary/aromatic N) is 2. The summed E-state index contributed by atoms with van der Waals surface area (Å²) in [6, 6.07) is 0.411. The molecule has 1 aliphatic heterocycles. The van der Waals surface area contributed by atoms with Crippen molar-refractivity contribution in [1.29, 1.82) is 0 Å². The quantitative estimate of drug-likeness (QED) is 0.768. The predicted octanol–water partition coefficient (Wildman–Crippen LogP) is 1.35. The standard InChI is InChI=1S/C10H13N3O2/c14-10(15)7-5-12-13-8(6-1-2-6)3-4-11-9(7)13/h5-6,8,11H,1-4H2,(H,14,15). The Balaban J connectivity index is 2.01. The fourth-order valence-corrected chi connectivity index (χ4v) is 2.32. The van der Waals surface area contributed by atoms with Gasteiger partial charge in [0.15, 0.2) is 0 Å². The van der Waals surface area contributed by atoms with Gasteiger partial charge in [0.05, 0.1) is 12.2 Å². The Morgan fingerprint density at radius 1 is 1.53 bits per heavy atom. The van der Waals surface area contributed by atoms with Gasteiger partial charge in [0.25, 0.3) is 0 Å². The first-order valence-corrected chi connectivity index (χ1v) is 5.32. The van der Waals surface area contributed by atoms with Crippen molar-refractivity contribution in [3.63, 3.8) is 0 Å². The molecule has 2 N–H and O–H groups in total. The van der Waals surface area contributed by atoms with Crippen LogP contribution in [0.25, 0.3) is 0 Å². The number of fused-ring (bicyclic) bond motifs is 1. The Morgan fingerprint density at radius 3 is 3.00 bits per heavy atom. The van der Waals surface area contributed by atoms with Crippen LogP contribution in [0.15, 0.2) is 6.20 Å². The summed E-state index contributed by atoms with van der Waals surface area (Å²) in [5, 5.41) is 16.3. The van der Waals surface area contributed by atoms with E-state index in [1.165, 1.54) is 19.0 Å². The zero-order valence-corrected chi connectivity index (χ0v) is 8.31. The Kier molecular flexibility index (Phi) is 1.74. The van der Waals surface area contributed by atoms with E-state index in [1.807, 2.05) is 4.68 Å². The van der Waals surface area contributed by atoms with Crippen LogP contribution in [0, 0.1) is 5.92 Å². The largest absolute Gasteiger partial charge is 0.477 e. The van der Waals surface area contributed by atoms with Gasteiger partial charge in [-0.15, -0.1) is 0 Å². The molecule has 3 rings (SSSR count). The first-order chi connectivity index (χ1) is 7.27. The SMILES string of the molecule is O=C(O)c1cnn2c1NCCC2C1CC1. The molecule has 0 amide bonds. The van der Waals surface area contributed by atoms with Gasteiger partial charge >= 0.3 is 5.97 Å². The minimum absolute atomic E-state index is 0.292. The van der Waals surface area contributed by atoms with Gasteiger partial charge in [0, 0.05) is 6.54 Å². The highest BCUT2D eigenvalue weighted by Gasteiger charge is 2.36. The van der Waals surface area contributed by atoms with Gasteiger partial charge in [0.1, 0.15) is 11.4 Å². The van der Waals surface area contributed by atoms with Crippen LogP contribution in [-0.4, -0.2) is 27.4 Å². The van der Waals surface area contributed by atoms with Crippen molar-refractivity contribution in [3.8, 4) is 0 Å². The van der Waals surface area contributed by atoms with Gasteiger partial charge in [0.2, 0.25) is 0 Å². The highest BCUT2D eigenvalue weighted by Crippen LogP contribution is 2.44. The molecule has 80 valence electrons. The fraction of sp³-hybridized carbons (Fsp3) is 0.600. The number of carboxylic acids is 1. The molecular weight excluding hydrogens is 194 g/mol. The van der Waals surface area contributed by atoms with E-state index in [0.717, 1.165) is 13.0 Å². The summed E-state index contributed by atoms with van der Waals surface area (Å²) >= 11 is 0. The van der Waals surface area contributed by atoms with Crippen molar-refractivity contribution >= 4 is 11.8 Å². The second-order valence-corrected chi connectivity index (χ2v) is 4.28. The predicted molar refractivity (Wildman–Crippen MR) is 54.1 cm³/mol. The van der Waals surface area contributed by atoms with Crippen LogP contribution in [0.5, 0.6) is 0 Å². The van der Waals surface area contributed by atoms with E-state index in [0.29, 0.717) is 23.3 Å². The second-order valence-electron chi connectivity index (χ2n) is 4.28. The molecule has 1 unspecified atom stereocenters. The lowest BCUT2D eigenvalue weighted by atomic mass is 10.1. The van der Waals surface area contributed by atoms with Crippen LogP contribution < -0.4 is 5.32 Å². The summed E-state index contributed by atoms with van der Waals surface area (Å²) in [7, 11) is 0. The Bertz CT molecular complexity index is 409. The van der Waals surface area contributed by atoms with Crippen molar-refractivity contribution in [2.75, 3.05) is 11.9 Å². The molecular formula is C10H13N3O2. The molecule has 0 radical (unpaired) electrons. The van der Waals surface area contributed by atoms with Gasteiger partial charge in [-0.3, -0.25) is 0 Å². The number of carboxylic acid groups (broad SMARTS) is 1. The van der Waals surface area contributed by atoms with Crippen molar-refractivity contribution in [2.24, 2.45) is 5.92 Å². The molecule has 0 bridgehead atoms. The van der Waals surface area contributed by atoms with Gasteiger partial charge in [-0.2, -0.15) is 5.10 Å². The first kappa shape index (κ1) is 8.76. The molecule has 2 aliphatic rings. The third kappa shape index (κ3) is 1.30. The summed E-state index contributed by atoms with van der Waals surface area (Å²) in [6.07, 6.45) is 5.02. The van der Waals surface area contributed by atoms with Crippen molar-refractivity contribution in [1.82, 2.24) is 9.78 Å². The first-order valence-electron chi connectivity index (χ1n) is 5.32. The zero-order chi connectivity index (χ0) is 10.4. The highest BCUT2D eigenvalue weighted by molar-refractivity contribution is 5.93. The zero-order valence-electron chi connectivity index (χ0n) is 8.31. The number of hydrogen-bond acceptors (Lipinski definition) is 3. The minimum atomic E-state index is -0.903. The van der Waals surface area contributed by atoms with E-state index in [2.05, 4.69) is 10.4 Å². The molecule has 1 aromatic rings. The van der Waals surface area contributed by atoms with E-state index in [-0.39, 0.29) is 0 Å². The number of rotatable bonds is 2. The second kappa shape index (κ2) is 2.98. The van der Waals surface area contributed by atoms with Gasteiger partial charge in [-0.1, -0.05) is 0 Å². The molecule has 0 aromatic carbocycles. The fourth-order valence-electron chi connectivity index (χ4n) is 2.32. The highest BCUT2D eigenvalue weighted by atomic mass is 16.4. The molecule has 2 heterocycles. The van der Waals surface area contributed by atoms with Crippen molar-refractivity contribution < 1.29 is 9.90 Å². The molecule has 1 saturated carbocycles. The monoisotopic (exact) mass is 207 g/mol. The molecule has 5 heteroatoms. The van der Waals surface area contributed by atoms with Crippen molar-refractivity contribution in [2.45, 2.75) is 25.3 Å². The van der Waals surface area contributed by atoms with Crippen molar-refractivity contribution in [3.05, 3.63) is 11.8 Å². The van der Waals surface area contributed by atoms with E-state index in [1.54, 1.807) is 0 Å². The molecule has 15 heavy (non-hydrogen) atoms. The lowest BCUT2D eigenvalue weighted by Crippen LogP contribution is -2.25. The molecule has 1 aliphatic carbocycles. The van der Waals surface area contributed by atoms with Gasteiger partial charge in [-0.25, -0.2) is 9.48 Å². The molecule has 1 aromatic heterocycles. The third-order valence-corrected chi connectivity index (χ3v) is 3.24.